The van der Waals surface area contributed by atoms with E-state index in [0.29, 0.717) is 18.1 Å². The minimum Gasteiger partial charge on any atom is -0.496 e. The summed E-state index contributed by atoms with van der Waals surface area (Å²) in [6, 6.07) is 4.55. The van der Waals surface area contributed by atoms with E-state index in [4.69, 9.17) is 10.5 Å². The van der Waals surface area contributed by atoms with Gasteiger partial charge in [0.15, 0.2) is 0 Å². The third-order valence-corrected chi connectivity index (χ3v) is 4.56. The molecule has 21 heavy (non-hydrogen) atoms. The van der Waals surface area contributed by atoms with Crippen molar-refractivity contribution in [3.8, 4) is 5.75 Å². The van der Waals surface area contributed by atoms with Crippen LogP contribution in [0.1, 0.15) is 25.8 Å². The Kier molecular flexibility index (Phi) is 8.25. The predicted octanol–water partition coefficient (Wildman–Crippen LogP) is 2.08. The Morgan fingerprint density at radius 1 is 1.33 bits per heavy atom. The molecular weight excluding hydrogens is 312 g/mol. The smallest absolute Gasteiger partial charge is 0.240 e. The average molecular weight is 337 g/mol. The van der Waals surface area contributed by atoms with Crippen molar-refractivity contribution in [3.63, 3.8) is 0 Å². The Morgan fingerprint density at radius 3 is 2.38 bits per heavy atom. The lowest BCUT2D eigenvalue weighted by Crippen LogP contribution is -2.40. The molecule has 0 amide bonds. The largest absolute Gasteiger partial charge is 0.496 e. The molecule has 5 nitrogen and oxygen atoms in total. The molecule has 3 N–H and O–H groups in total. The van der Waals surface area contributed by atoms with Crippen LogP contribution in [0.3, 0.4) is 0 Å². The van der Waals surface area contributed by atoms with Crippen LogP contribution in [0.4, 0.5) is 0 Å². The minimum atomic E-state index is -3.55. The van der Waals surface area contributed by atoms with E-state index in [1.54, 1.807) is 19.2 Å². The molecule has 1 rings (SSSR count). The molecule has 0 aliphatic rings. The highest BCUT2D eigenvalue weighted by Gasteiger charge is 2.20. The molecular formula is C14H25ClN2O3S. The number of nitrogens with two attached hydrogens (primary N) is 1. The lowest BCUT2D eigenvalue weighted by Gasteiger charge is -2.19. The summed E-state index contributed by atoms with van der Waals surface area (Å²) in [4.78, 5) is 0.234. The van der Waals surface area contributed by atoms with Gasteiger partial charge in [-0.25, -0.2) is 13.1 Å². The number of ether oxygens (including phenoxy) is 1. The molecule has 0 bridgehead atoms. The minimum absolute atomic E-state index is 0. The summed E-state index contributed by atoms with van der Waals surface area (Å²) in [5.41, 5.74) is 6.42. The van der Waals surface area contributed by atoms with Crippen molar-refractivity contribution < 1.29 is 13.2 Å². The number of rotatable bonds is 7. The van der Waals surface area contributed by atoms with Gasteiger partial charge in [0.2, 0.25) is 10.0 Å². The second-order valence-corrected chi connectivity index (χ2v) is 7.03. The summed E-state index contributed by atoms with van der Waals surface area (Å²) in [5, 5.41) is 0. The molecule has 1 atom stereocenters. The highest BCUT2D eigenvalue weighted by Crippen LogP contribution is 2.21. The molecule has 0 radical (unpaired) electrons. The van der Waals surface area contributed by atoms with Gasteiger partial charge in [-0.1, -0.05) is 13.8 Å². The molecule has 0 fully saturated rings. The number of methoxy groups -OCH3 is 1. The van der Waals surface area contributed by atoms with Crippen LogP contribution in [-0.2, 0) is 10.0 Å². The van der Waals surface area contributed by atoms with E-state index in [0.717, 1.165) is 5.56 Å². The van der Waals surface area contributed by atoms with Gasteiger partial charge >= 0.3 is 0 Å². The van der Waals surface area contributed by atoms with Gasteiger partial charge in [0.25, 0.3) is 0 Å². The number of aryl methyl sites for hydroxylation is 1. The summed E-state index contributed by atoms with van der Waals surface area (Å²) in [5.74, 6) is 1.05. The van der Waals surface area contributed by atoms with Gasteiger partial charge in [0, 0.05) is 12.6 Å². The zero-order chi connectivity index (χ0) is 15.3. The van der Waals surface area contributed by atoms with E-state index >= 15 is 0 Å². The van der Waals surface area contributed by atoms with Gasteiger partial charge < -0.3 is 10.5 Å². The van der Waals surface area contributed by atoms with Crippen LogP contribution < -0.4 is 15.2 Å². The highest BCUT2D eigenvalue weighted by molar-refractivity contribution is 7.89. The van der Waals surface area contributed by atoms with E-state index in [2.05, 4.69) is 4.72 Å². The first-order chi connectivity index (χ1) is 9.30. The van der Waals surface area contributed by atoms with Crippen molar-refractivity contribution in [2.24, 2.45) is 11.7 Å². The molecule has 0 aliphatic heterocycles. The molecule has 0 saturated heterocycles. The summed E-state index contributed by atoms with van der Waals surface area (Å²) >= 11 is 0. The lowest BCUT2D eigenvalue weighted by atomic mass is 10.1. The maximum Gasteiger partial charge on any atom is 0.240 e. The molecule has 0 aliphatic carbocycles. The third kappa shape index (κ3) is 5.82. The van der Waals surface area contributed by atoms with Crippen LogP contribution in [-0.4, -0.2) is 28.1 Å². The van der Waals surface area contributed by atoms with Gasteiger partial charge in [-0.15, -0.1) is 12.4 Å². The van der Waals surface area contributed by atoms with Gasteiger partial charge in [0.05, 0.1) is 12.0 Å². The van der Waals surface area contributed by atoms with Gasteiger partial charge in [0.1, 0.15) is 5.75 Å². The second kappa shape index (κ2) is 8.58. The van der Waals surface area contributed by atoms with Crippen molar-refractivity contribution in [2.45, 2.75) is 38.1 Å². The molecule has 1 aromatic carbocycles. The van der Waals surface area contributed by atoms with Crippen LogP contribution in [0, 0.1) is 12.8 Å². The van der Waals surface area contributed by atoms with E-state index in [9.17, 15) is 8.42 Å². The molecule has 0 heterocycles. The molecule has 0 spiro atoms. The molecule has 7 heteroatoms. The SMILES string of the molecule is COc1ccc(S(=O)(=O)NC(CN)CC(C)C)cc1C.Cl. The first-order valence-electron chi connectivity index (χ1n) is 6.67. The van der Waals surface area contributed by atoms with Crippen LogP contribution >= 0.6 is 12.4 Å². The summed E-state index contributed by atoms with van der Waals surface area (Å²) < 4.78 is 32.4. The average Bonchev–Trinajstić information content (AvgIpc) is 2.36. The zero-order valence-electron chi connectivity index (χ0n) is 12.9. The van der Waals surface area contributed by atoms with E-state index in [1.807, 2.05) is 20.8 Å². The second-order valence-electron chi connectivity index (χ2n) is 5.31. The van der Waals surface area contributed by atoms with Gasteiger partial charge in [-0.05, 0) is 43.0 Å². The fourth-order valence-electron chi connectivity index (χ4n) is 2.07. The zero-order valence-corrected chi connectivity index (χ0v) is 14.6. The van der Waals surface area contributed by atoms with Crippen LogP contribution in [0.2, 0.25) is 0 Å². The van der Waals surface area contributed by atoms with Crippen molar-refractivity contribution in [1.29, 1.82) is 0 Å². The lowest BCUT2D eigenvalue weighted by molar-refractivity contribution is 0.411. The number of benzene rings is 1. The predicted molar refractivity (Wildman–Crippen MR) is 87.6 cm³/mol. The standard InChI is InChI=1S/C14H24N2O3S.ClH/c1-10(2)7-12(9-15)16-20(17,18)13-5-6-14(19-4)11(3)8-13;/h5-6,8,10,12,16H,7,9,15H2,1-4H3;1H. The van der Waals surface area contributed by atoms with Crippen molar-refractivity contribution in [1.82, 2.24) is 4.72 Å². The molecule has 1 aromatic rings. The number of halogens is 1. The summed E-state index contributed by atoms with van der Waals surface area (Å²) in [6.07, 6.45) is 0.713. The van der Waals surface area contributed by atoms with E-state index < -0.39 is 10.0 Å². The van der Waals surface area contributed by atoms with Crippen molar-refractivity contribution >= 4 is 22.4 Å². The Hall–Kier alpha value is -0.820. The quantitative estimate of drug-likeness (QED) is 0.798. The Morgan fingerprint density at radius 2 is 1.95 bits per heavy atom. The third-order valence-electron chi connectivity index (χ3n) is 3.04. The van der Waals surface area contributed by atoms with Gasteiger partial charge in [-0.2, -0.15) is 0 Å². The van der Waals surface area contributed by atoms with Crippen LogP contribution in [0.5, 0.6) is 5.75 Å². The molecule has 1 unspecified atom stereocenters. The summed E-state index contributed by atoms with van der Waals surface area (Å²) in [6.45, 7) is 6.17. The van der Waals surface area contributed by atoms with Crippen molar-refractivity contribution in [2.75, 3.05) is 13.7 Å². The Bertz CT molecular complexity index is 547. The topological polar surface area (TPSA) is 81.4 Å². The Labute approximate surface area is 133 Å². The van der Waals surface area contributed by atoms with Crippen LogP contribution in [0.15, 0.2) is 23.1 Å². The number of hydrogen-bond acceptors (Lipinski definition) is 4. The monoisotopic (exact) mass is 336 g/mol. The fourth-order valence-corrected chi connectivity index (χ4v) is 3.41. The van der Waals surface area contributed by atoms with Crippen molar-refractivity contribution in [3.05, 3.63) is 23.8 Å². The highest BCUT2D eigenvalue weighted by atomic mass is 35.5. The molecule has 122 valence electrons. The first-order valence-corrected chi connectivity index (χ1v) is 8.15. The molecule has 0 aromatic heterocycles. The van der Waals surface area contributed by atoms with E-state index in [-0.39, 0.29) is 29.9 Å². The number of sulfonamides is 1. The van der Waals surface area contributed by atoms with Gasteiger partial charge in [-0.3, -0.25) is 0 Å². The maximum absolute atomic E-state index is 12.3. The Balaban J connectivity index is 0.00000400. The summed E-state index contributed by atoms with van der Waals surface area (Å²) in [7, 11) is -1.99. The fraction of sp³-hybridized carbons (Fsp3) is 0.571. The number of hydrogen-bond donors (Lipinski definition) is 2. The molecule has 0 saturated carbocycles. The van der Waals surface area contributed by atoms with E-state index in [1.165, 1.54) is 6.07 Å². The first kappa shape index (κ1) is 20.2. The number of nitrogens with one attached hydrogen (secondary N) is 1. The normalized spacial score (nSPS) is 12.9. The maximum atomic E-state index is 12.3. The van der Waals surface area contributed by atoms with Crippen LogP contribution in [0.25, 0.3) is 0 Å².